The number of rotatable bonds is 4. The van der Waals surface area contributed by atoms with Gasteiger partial charge in [-0.3, -0.25) is 0 Å². The molecule has 1 nitrogen and oxygen atoms in total. The maximum absolute atomic E-state index is 4.12. The molecule has 1 aromatic carbocycles. The van der Waals surface area contributed by atoms with Gasteiger partial charge in [0.05, 0.1) is 0 Å². The fraction of sp³-hybridized carbons (Fsp3) is 0.333. The normalized spacial score (nSPS) is 10.8. The highest BCUT2D eigenvalue weighted by Crippen LogP contribution is 2.12. The van der Waals surface area contributed by atoms with Crippen molar-refractivity contribution in [1.82, 2.24) is 0 Å². The van der Waals surface area contributed by atoms with Crippen LogP contribution in [0.1, 0.15) is 5.56 Å². The Bertz CT molecular complexity index is 290. The van der Waals surface area contributed by atoms with Crippen molar-refractivity contribution >= 4 is 18.3 Å². The zero-order chi connectivity index (χ0) is 10.4. The van der Waals surface area contributed by atoms with E-state index in [1.54, 1.807) is 0 Å². The van der Waals surface area contributed by atoms with Crippen molar-refractivity contribution in [2.24, 2.45) is 0 Å². The molecule has 14 heavy (non-hydrogen) atoms. The molecule has 0 spiro atoms. The zero-order valence-electron chi connectivity index (χ0n) is 8.77. The molecular formula is C12H17NS. The van der Waals surface area contributed by atoms with Gasteiger partial charge in [-0.2, -0.15) is 12.6 Å². The van der Waals surface area contributed by atoms with Gasteiger partial charge in [0.1, 0.15) is 0 Å². The van der Waals surface area contributed by atoms with Crippen LogP contribution in [-0.2, 0) is 0 Å². The first-order valence-corrected chi connectivity index (χ1v) is 5.41. The summed E-state index contributed by atoms with van der Waals surface area (Å²) >= 11 is 4.12. The van der Waals surface area contributed by atoms with Crippen molar-refractivity contribution in [1.29, 1.82) is 0 Å². The lowest BCUT2D eigenvalue weighted by atomic mass is 10.2. The van der Waals surface area contributed by atoms with Gasteiger partial charge in [-0.25, -0.2) is 0 Å². The average molecular weight is 207 g/mol. The van der Waals surface area contributed by atoms with E-state index in [4.69, 9.17) is 0 Å². The predicted octanol–water partition coefficient (Wildman–Crippen LogP) is 2.92. The quantitative estimate of drug-likeness (QED) is 0.587. The van der Waals surface area contributed by atoms with Gasteiger partial charge in [-0.1, -0.05) is 29.8 Å². The molecule has 0 bridgehead atoms. The molecule has 0 atom stereocenters. The Balaban J connectivity index is 2.56. The molecule has 0 saturated heterocycles. The summed E-state index contributed by atoms with van der Waals surface area (Å²) in [6.45, 7) is 3.04. The molecule has 0 radical (unpaired) electrons. The predicted molar refractivity (Wildman–Crippen MR) is 67.4 cm³/mol. The summed E-state index contributed by atoms with van der Waals surface area (Å²) in [6.07, 6.45) is 4.20. The van der Waals surface area contributed by atoms with Gasteiger partial charge < -0.3 is 4.90 Å². The number of hydrogen-bond acceptors (Lipinski definition) is 2. The van der Waals surface area contributed by atoms with Crippen molar-refractivity contribution in [2.75, 3.05) is 24.2 Å². The minimum atomic E-state index is 0.807. The van der Waals surface area contributed by atoms with Crippen molar-refractivity contribution in [3.63, 3.8) is 0 Å². The Labute approximate surface area is 91.8 Å². The van der Waals surface area contributed by atoms with Crippen LogP contribution in [0.3, 0.4) is 0 Å². The van der Waals surface area contributed by atoms with Crippen molar-refractivity contribution in [2.45, 2.75) is 6.92 Å². The van der Waals surface area contributed by atoms with Crippen LogP contribution >= 0.6 is 12.6 Å². The highest BCUT2D eigenvalue weighted by Gasteiger charge is 1.96. The van der Waals surface area contributed by atoms with E-state index in [1.807, 2.05) is 0 Å². The third kappa shape index (κ3) is 3.46. The fourth-order valence-electron chi connectivity index (χ4n) is 1.21. The lowest BCUT2D eigenvalue weighted by molar-refractivity contribution is 1.03. The maximum Gasteiger partial charge on any atom is 0.0366 e. The summed E-state index contributed by atoms with van der Waals surface area (Å²) < 4.78 is 0. The molecule has 0 heterocycles. The summed E-state index contributed by atoms with van der Waals surface area (Å²) in [5.74, 6) is 0.807. The number of benzene rings is 1. The van der Waals surface area contributed by atoms with E-state index in [-0.39, 0.29) is 0 Å². The minimum absolute atomic E-state index is 0.807. The lowest BCUT2D eigenvalue weighted by Crippen LogP contribution is -2.16. The summed E-state index contributed by atoms with van der Waals surface area (Å²) in [7, 11) is 2.09. The number of likely N-dealkylation sites (N-methyl/N-ethyl adjacent to an activating group) is 1. The van der Waals surface area contributed by atoms with Gasteiger partial charge in [0, 0.05) is 25.0 Å². The first kappa shape index (κ1) is 11.2. The summed E-state index contributed by atoms with van der Waals surface area (Å²) in [5, 5.41) is 0. The van der Waals surface area contributed by atoms with E-state index in [9.17, 15) is 0 Å². The lowest BCUT2D eigenvalue weighted by Gasteiger charge is -2.17. The second-order valence-corrected chi connectivity index (χ2v) is 3.74. The van der Waals surface area contributed by atoms with Crippen LogP contribution in [-0.4, -0.2) is 19.3 Å². The second-order valence-electron chi connectivity index (χ2n) is 3.37. The monoisotopic (exact) mass is 207 g/mol. The summed E-state index contributed by atoms with van der Waals surface area (Å²) in [5.41, 5.74) is 2.55. The molecular weight excluding hydrogens is 190 g/mol. The fourth-order valence-corrected chi connectivity index (χ4v) is 1.36. The van der Waals surface area contributed by atoms with E-state index in [2.05, 4.69) is 67.9 Å². The molecule has 0 amide bonds. The Morgan fingerprint density at radius 3 is 2.43 bits per heavy atom. The first-order chi connectivity index (χ1) is 6.74. The van der Waals surface area contributed by atoms with Crippen LogP contribution in [0, 0.1) is 6.92 Å². The topological polar surface area (TPSA) is 3.24 Å². The van der Waals surface area contributed by atoms with Crippen molar-refractivity contribution in [3.05, 3.63) is 42.0 Å². The molecule has 0 aromatic heterocycles. The van der Waals surface area contributed by atoms with Crippen LogP contribution in [0.2, 0.25) is 0 Å². The SMILES string of the molecule is Cc1ccc(N(C)CC=CCS)cc1. The van der Waals surface area contributed by atoms with Crippen molar-refractivity contribution in [3.8, 4) is 0 Å². The smallest absolute Gasteiger partial charge is 0.0366 e. The van der Waals surface area contributed by atoms with Gasteiger partial charge in [0.25, 0.3) is 0 Å². The van der Waals surface area contributed by atoms with Gasteiger partial charge in [0.15, 0.2) is 0 Å². The van der Waals surface area contributed by atoms with E-state index in [0.717, 1.165) is 12.3 Å². The van der Waals surface area contributed by atoms with Crippen LogP contribution in [0.5, 0.6) is 0 Å². The Kier molecular flexibility index (Phi) is 4.60. The minimum Gasteiger partial charge on any atom is -0.371 e. The third-order valence-corrected chi connectivity index (χ3v) is 2.34. The van der Waals surface area contributed by atoms with Crippen LogP contribution in [0.4, 0.5) is 5.69 Å². The molecule has 0 fully saturated rings. The van der Waals surface area contributed by atoms with Crippen LogP contribution in [0.15, 0.2) is 36.4 Å². The van der Waals surface area contributed by atoms with Gasteiger partial charge >= 0.3 is 0 Å². The average Bonchev–Trinajstić information content (AvgIpc) is 2.19. The Morgan fingerprint density at radius 1 is 1.21 bits per heavy atom. The van der Waals surface area contributed by atoms with E-state index in [0.29, 0.717) is 0 Å². The highest BCUT2D eigenvalue weighted by molar-refractivity contribution is 7.80. The van der Waals surface area contributed by atoms with Crippen LogP contribution < -0.4 is 4.90 Å². The van der Waals surface area contributed by atoms with E-state index < -0.39 is 0 Å². The largest absolute Gasteiger partial charge is 0.371 e. The molecule has 1 rings (SSSR count). The Hall–Kier alpha value is -0.890. The molecule has 0 unspecified atom stereocenters. The maximum atomic E-state index is 4.12. The standard InChI is InChI=1S/C12H17NS/c1-11-5-7-12(8-6-11)13(2)9-3-4-10-14/h3-8,14H,9-10H2,1-2H3. The molecule has 76 valence electrons. The highest BCUT2D eigenvalue weighted by atomic mass is 32.1. The molecule has 0 saturated carbocycles. The molecule has 1 aromatic rings. The number of anilines is 1. The third-order valence-electron chi connectivity index (χ3n) is 2.13. The van der Waals surface area contributed by atoms with E-state index in [1.165, 1.54) is 11.3 Å². The molecule has 0 aliphatic rings. The van der Waals surface area contributed by atoms with E-state index >= 15 is 0 Å². The molecule has 0 aliphatic heterocycles. The number of nitrogens with zero attached hydrogens (tertiary/aromatic N) is 1. The number of hydrogen-bond donors (Lipinski definition) is 1. The van der Waals surface area contributed by atoms with Gasteiger partial charge in [-0.05, 0) is 19.1 Å². The second kappa shape index (κ2) is 5.76. The summed E-state index contributed by atoms with van der Waals surface area (Å²) in [6, 6.07) is 8.55. The molecule has 2 heteroatoms. The summed E-state index contributed by atoms with van der Waals surface area (Å²) in [4.78, 5) is 2.21. The number of aryl methyl sites for hydroxylation is 1. The molecule has 0 aliphatic carbocycles. The van der Waals surface area contributed by atoms with Gasteiger partial charge in [-0.15, -0.1) is 0 Å². The number of thiol groups is 1. The van der Waals surface area contributed by atoms with Crippen LogP contribution in [0.25, 0.3) is 0 Å². The Morgan fingerprint density at radius 2 is 1.86 bits per heavy atom. The zero-order valence-corrected chi connectivity index (χ0v) is 9.67. The van der Waals surface area contributed by atoms with Crippen molar-refractivity contribution < 1.29 is 0 Å². The molecule has 0 N–H and O–H groups in total. The van der Waals surface area contributed by atoms with Gasteiger partial charge in [0.2, 0.25) is 0 Å². The first-order valence-electron chi connectivity index (χ1n) is 4.77.